The molecule has 6 nitrogen and oxygen atoms in total. The molecular weight excluding hydrogens is 721 g/mol. The van der Waals surface area contributed by atoms with E-state index in [0.29, 0.717) is 30.6 Å². The highest BCUT2D eigenvalue weighted by Crippen LogP contribution is 2.55. The Bertz CT molecular complexity index is 1400. The molecule has 0 aromatic carbocycles. The van der Waals surface area contributed by atoms with E-state index in [1.54, 1.807) is 0 Å². The standard InChI is InChI=1S/C53H90N6/c1-2-14-44-46-33-39(25-27-48(46)57(50(44)54)41-20-8-4-9-21-41)37-18-13-24-43(32-37)59-51(35-15-6-3-7-16-35)56-52(59)40-19-12-17-36(31-40)38-26-28-49-47(34-38)45-29-30-55-53(45)58(49)42-22-10-5-11-23-42/h12,19,35-53,55-56H,2-11,13-18,20-34,54H2,1H3. The van der Waals surface area contributed by atoms with Crippen LogP contribution in [-0.2, 0) is 0 Å². The first-order chi connectivity index (χ1) is 29.1. The summed E-state index contributed by atoms with van der Waals surface area (Å²) in [6.07, 6.45) is 51.2. The second kappa shape index (κ2) is 18.2. The predicted octanol–water partition coefficient (Wildman–Crippen LogP) is 10.8. The molecule has 16 atom stereocenters. The molecule has 0 radical (unpaired) electrons. The lowest BCUT2D eigenvalue weighted by Crippen LogP contribution is -2.76. The highest BCUT2D eigenvalue weighted by molar-refractivity contribution is 5.12. The summed E-state index contributed by atoms with van der Waals surface area (Å²) in [5.41, 5.74) is 7.32. The normalized spacial score (nSPS) is 48.4. The summed E-state index contributed by atoms with van der Waals surface area (Å²) in [5, 5.41) is 8.50. The van der Waals surface area contributed by atoms with Crippen molar-refractivity contribution in [2.24, 2.45) is 64.9 Å². The summed E-state index contributed by atoms with van der Waals surface area (Å²) in [6, 6.07) is 4.09. The third-order valence-corrected chi connectivity index (χ3v) is 21.0. The van der Waals surface area contributed by atoms with Crippen LogP contribution >= 0.6 is 0 Å². The lowest BCUT2D eigenvalue weighted by atomic mass is 9.65. The van der Waals surface area contributed by atoms with Crippen LogP contribution in [-0.4, -0.2) is 76.1 Å². The van der Waals surface area contributed by atoms with E-state index in [1.807, 2.05) is 0 Å². The van der Waals surface area contributed by atoms with Crippen molar-refractivity contribution in [3.63, 3.8) is 0 Å². The second-order valence-electron chi connectivity index (χ2n) is 23.7. The smallest absolute Gasteiger partial charge is 0.0689 e. The molecule has 4 heterocycles. The number of hydrogen-bond donors (Lipinski definition) is 3. The molecule has 0 spiro atoms. The van der Waals surface area contributed by atoms with Crippen molar-refractivity contribution in [2.75, 3.05) is 6.54 Å². The molecule has 0 bridgehead atoms. The fraction of sp³-hybridized carbons (Fsp3) is 0.962. The van der Waals surface area contributed by atoms with Crippen LogP contribution in [0.1, 0.15) is 200 Å². The monoisotopic (exact) mass is 811 g/mol. The number of likely N-dealkylation sites (tertiary alicyclic amines) is 2. The highest BCUT2D eigenvalue weighted by atomic mass is 15.5. The van der Waals surface area contributed by atoms with Gasteiger partial charge in [-0.1, -0.05) is 96.1 Å². The lowest BCUT2D eigenvalue weighted by molar-refractivity contribution is -0.131. The molecule has 7 aliphatic carbocycles. The van der Waals surface area contributed by atoms with Gasteiger partial charge in [0.2, 0.25) is 0 Å². The van der Waals surface area contributed by atoms with Crippen molar-refractivity contribution in [3.8, 4) is 0 Å². The molecule has 332 valence electrons. The molecule has 10 fully saturated rings. The maximum Gasteiger partial charge on any atom is 0.0689 e. The van der Waals surface area contributed by atoms with Crippen LogP contribution in [0.25, 0.3) is 0 Å². The van der Waals surface area contributed by atoms with E-state index in [0.717, 1.165) is 83.5 Å². The van der Waals surface area contributed by atoms with Crippen LogP contribution in [0.5, 0.6) is 0 Å². The van der Waals surface area contributed by atoms with Crippen LogP contribution in [0.4, 0.5) is 0 Å². The first kappa shape index (κ1) is 41.2. The number of nitrogens with two attached hydrogens (primary N) is 1. The minimum atomic E-state index is 0.323. The molecule has 4 aliphatic heterocycles. The first-order valence-electron chi connectivity index (χ1n) is 27.4. The molecule has 4 N–H and O–H groups in total. The molecule has 6 saturated carbocycles. The lowest BCUT2D eigenvalue weighted by Gasteiger charge is -2.61. The van der Waals surface area contributed by atoms with Gasteiger partial charge in [0.15, 0.2) is 0 Å². The number of allylic oxidation sites excluding steroid dienone is 1. The van der Waals surface area contributed by atoms with Gasteiger partial charge in [0.05, 0.1) is 24.7 Å². The Morgan fingerprint density at radius 3 is 1.88 bits per heavy atom. The molecule has 0 aromatic heterocycles. The van der Waals surface area contributed by atoms with Gasteiger partial charge in [-0.15, -0.1) is 0 Å². The highest BCUT2D eigenvalue weighted by Gasteiger charge is 2.57. The zero-order chi connectivity index (χ0) is 39.5. The second-order valence-corrected chi connectivity index (χ2v) is 23.7. The van der Waals surface area contributed by atoms with E-state index in [9.17, 15) is 0 Å². The molecule has 59 heavy (non-hydrogen) atoms. The van der Waals surface area contributed by atoms with Crippen LogP contribution in [0.3, 0.4) is 0 Å². The Balaban J connectivity index is 0.768. The van der Waals surface area contributed by atoms with Gasteiger partial charge in [0.25, 0.3) is 0 Å². The third kappa shape index (κ3) is 7.82. The summed E-state index contributed by atoms with van der Waals surface area (Å²) >= 11 is 0. The van der Waals surface area contributed by atoms with E-state index >= 15 is 0 Å². The average molecular weight is 811 g/mol. The number of hydrogen-bond acceptors (Lipinski definition) is 6. The molecule has 11 rings (SSSR count). The van der Waals surface area contributed by atoms with Gasteiger partial charge in [0.1, 0.15) is 0 Å². The van der Waals surface area contributed by atoms with Gasteiger partial charge in [-0.3, -0.25) is 20.0 Å². The van der Waals surface area contributed by atoms with Crippen LogP contribution in [0, 0.1) is 59.2 Å². The molecular formula is C53H90N6. The largest absolute Gasteiger partial charge is 0.315 e. The maximum absolute atomic E-state index is 7.32. The van der Waals surface area contributed by atoms with Gasteiger partial charge >= 0.3 is 0 Å². The Labute approximate surface area is 362 Å². The van der Waals surface area contributed by atoms with Gasteiger partial charge in [0, 0.05) is 36.1 Å². The van der Waals surface area contributed by atoms with E-state index in [4.69, 9.17) is 5.73 Å². The van der Waals surface area contributed by atoms with E-state index in [1.165, 1.54) is 199 Å². The molecule has 6 heteroatoms. The molecule has 16 unspecified atom stereocenters. The Kier molecular flexibility index (Phi) is 12.7. The number of nitrogens with zero attached hydrogens (tertiary/aromatic N) is 3. The Morgan fingerprint density at radius 2 is 1.14 bits per heavy atom. The third-order valence-electron chi connectivity index (χ3n) is 21.0. The summed E-state index contributed by atoms with van der Waals surface area (Å²) in [4.78, 5) is 9.28. The van der Waals surface area contributed by atoms with Crippen LogP contribution in [0.15, 0.2) is 12.2 Å². The summed E-state index contributed by atoms with van der Waals surface area (Å²) in [5.74, 6) is 8.75. The van der Waals surface area contributed by atoms with Gasteiger partial charge in [-0.05, 0) is 175 Å². The fourth-order valence-corrected chi connectivity index (χ4v) is 18.4. The van der Waals surface area contributed by atoms with Crippen molar-refractivity contribution in [2.45, 2.75) is 254 Å². The van der Waals surface area contributed by atoms with Gasteiger partial charge in [-0.25, -0.2) is 0 Å². The van der Waals surface area contributed by atoms with Crippen molar-refractivity contribution < 1.29 is 0 Å². The van der Waals surface area contributed by atoms with Crippen LogP contribution in [0.2, 0.25) is 0 Å². The van der Waals surface area contributed by atoms with Crippen molar-refractivity contribution in [3.05, 3.63) is 12.2 Å². The molecule has 0 aromatic rings. The predicted molar refractivity (Wildman–Crippen MR) is 243 cm³/mol. The van der Waals surface area contributed by atoms with E-state index in [-0.39, 0.29) is 0 Å². The van der Waals surface area contributed by atoms with Crippen molar-refractivity contribution in [1.29, 1.82) is 0 Å². The summed E-state index contributed by atoms with van der Waals surface area (Å²) in [7, 11) is 0. The number of fused-ring (bicyclic) bond motifs is 4. The minimum absolute atomic E-state index is 0.323. The number of rotatable bonds is 9. The number of nitrogens with one attached hydrogen (secondary N) is 2. The van der Waals surface area contributed by atoms with Crippen molar-refractivity contribution in [1.82, 2.24) is 25.3 Å². The fourth-order valence-electron chi connectivity index (χ4n) is 18.4. The quantitative estimate of drug-likeness (QED) is 0.202. The minimum Gasteiger partial charge on any atom is -0.315 e. The summed E-state index contributed by atoms with van der Waals surface area (Å²) < 4.78 is 0. The SMILES string of the molecule is CCCC1C2CC(C3CCCC(N4C(C5C=CCC(C6CCC7C(C6)C6CCNC6N7C6CCCCC6)C5)NC4C4CCCCC4)C3)CCC2N(C2CCCCC2)C1N. The molecule has 0 amide bonds. The maximum atomic E-state index is 7.32. The molecule has 4 saturated heterocycles. The Hall–Kier alpha value is -0.500. The summed E-state index contributed by atoms with van der Waals surface area (Å²) in [6.45, 7) is 3.69. The van der Waals surface area contributed by atoms with E-state index in [2.05, 4.69) is 44.4 Å². The zero-order valence-corrected chi connectivity index (χ0v) is 38.0. The van der Waals surface area contributed by atoms with Gasteiger partial charge in [-0.2, -0.15) is 0 Å². The Morgan fingerprint density at radius 1 is 0.508 bits per heavy atom. The van der Waals surface area contributed by atoms with E-state index < -0.39 is 0 Å². The van der Waals surface area contributed by atoms with Crippen LogP contribution < -0.4 is 16.4 Å². The topological polar surface area (TPSA) is 59.8 Å². The van der Waals surface area contributed by atoms with Gasteiger partial charge < -0.3 is 11.1 Å². The molecule has 11 aliphatic rings. The zero-order valence-electron chi connectivity index (χ0n) is 38.0. The van der Waals surface area contributed by atoms with Crippen molar-refractivity contribution >= 4 is 0 Å². The average Bonchev–Trinajstić information content (AvgIpc) is 3.95. The first-order valence-corrected chi connectivity index (χ1v) is 27.4.